The number of amides is 1. The van der Waals surface area contributed by atoms with E-state index in [0.717, 1.165) is 0 Å². The van der Waals surface area contributed by atoms with Crippen LogP contribution in [0.15, 0.2) is 0 Å². The van der Waals surface area contributed by atoms with E-state index < -0.39 is 17.7 Å². The zero-order chi connectivity index (χ0) is 10.5. The lowest BCUT2D eigenvalue weighted by molar-refractivity contribution is 0.0505. The smallest absolute Gasteiger partial charge is 0.408 e. The number of hydrogen-bond donors (Lipinski definition) is 2. The number of rotatable bonds is 3. The summed E-state index contributed by atoms with van der Waals surface area (Å²) in [5.74, 6) is 0. The number of nitrogens with one attached hydrogen (secondary N) is 1. The van der Waals surface area contributed by atoms with Gasteiger partial charge in [0.15, 0.2) is 0 Å². The van der Waals surface area contributed by atoms with Crippen LogP contribution in [0.5, 0.6) is 0 Å². The van der Waals surface area contributed by atoms with Crippen molar-refractivity contribution in [3.63, 3.8) is 0 Å². The van der Waals surface area contributed by atoms with Crippen LogP contribution in [0.4, 0.5) is 4.79 Å². The fourth-order valence-electron chi connectivity index (χ4n) is 0.582. The molecule has 0 radical (unpaired) electrons. The van der Waals surface area contributed by atoms with E-state index in [0.29, 0.717) is 0 Å². The zero-order valence-electron chi connectivity index (χ0n) is 8.03. The second-order valence-corrected chi connectivity index (χ2v) is 3.84. The van der Waals surface area contributed by atoms with Crippen LogP contribution in [0.2, 0.25) is 0 Å². The van der Waals surface area contributed by atoms with E-state index in [1.165, 1.54) is 5.37 Å². The molecule has 0 aromatic heterocycles. The van der Waals surface area contributed by atoms with E-state index in [1.54, 1.807) is 20.8 Å². The highest BCUT2D eigenvalue weighted by Crippen LogP contribution is 2.06. The highest BCUT2D eigenvalue weighted by Gasteiger charge is 2.17. The first-order valence-corrected chi connectivity index (χ1v) is 4.42. The van der Waals surface area contributed by atoms with Crippen LogP contribution in [-0.4, -0.2) is 34.8 Å². The van der Waals surface area contributed by atoms with Gasteiger partial charge in [-0.05, 0) is 20.8 Å². The Bertz CT molecular complexity index is 188. The fourth-order valence-corrected chi connectivity index (χ4v) is 0.736. The van der Waals surface area contributed by atoms with Crippen molar-refractivity contribution in [1.82, 2.24) is 5.32 Å². The van der Waals surface area contributed by atoms with Crippen molar-refractivity contribution in [2.75, 3.05) is 6.61 Å². The molecule has 1 amide bonds. The van der Waals surface area contributed by atoms with Gasteiger partial charge in [0.2, 0.25) is 0 Å². The monoisotopic (exact) mass is 205 g/mol. The molecular formula is C8H15NO3S. The van der Waals surface area contributed by atoms with Crippen LogP contribution in [0, 0.1) is 0 Å². The highest BCUT2D eigenvalue weighted by atomic mass is 32.1. The Kier molecular flexibility index (Phi) is 4.87. The molecule has 0 aliphatic heterocycles. The maximum atomic E-state index is 11.1. The summed E-state index contributed by atoms with van der Waals surface area (Å²) in [5, 5.41) is 12.4. The topological polar surface area (TPSA) is 58.6 Å². The molecule has 0 aromatic rings. The second-order valence-electron chi connectivity index (χ2n) is 3.57. The lowest BCUT2D eigenvalue weighted by Gasteiger charge is -2.21. The van der Waals surface area contributed by atoms with Gasteiger partial charge in [0, 0.05) is 5.37 Å². The maximum absolute atomic E-state index is 11.1. The molecule has 0 aromatic carbocycles. The van der Waals surface area contributed by atoms with E-state index in [1.807, 2.05) is 0 Å². The van der Waals surface area contributed by atoms with Crippen LogP contribution in [0.25, 0.3) is 0 Å². The first-order valence-electron chi connectivity index (χ1n) is 3.94. The molecule has 2 N–H and O–H groups in total. The molecule has 0 rings (SSSR count). The molecule has 0 heterocycles. The maximum Gasteiger partial charge on any atom is 0.408 e. The van der Waals surface area contributed by atoms with Gasteiger partial charge in [-0.25, -0.2) is 4.79 Å². The number of carbonyl (C=O) groups excluding carboxylic acids is 1. The molecule has 5 heteroatoms. The van der Waals surface area contributed by atoms with E-state index >= 15 is 0 Å². The van der Waals surface area contributed by atoms with E-state index in [9.17, 15) is 4.79 Å². The number of carbonyl (C=O) groups is 1. The SMILES string of the molecule is CC(C)(C)OC(=O)NC(C=S)CO. The predicted molar refractivity (Wildman–Crippen MR) is 53.9 cm³/mol. The third-order valence-electron chi connectivity index (χ3n) is 1.06. The van der Waals surface area contributed by atoms with E-state index in [-0.39, 0.29) is 6.61 Å². The number of alkyl carbamates (subject to hydrolysis) is 1. The van der Waals surface area contributed by atoms with Crippen molar-refractivity contribution in [1.29, 1.82) is 0 Å². The van der Waals surface area contributed by atoms with Crippen molar-refractivity contribution in [2.24, 2.45) is 0 Å². The van der Waals surface area contributed by atoms with Gasteiger partial charge in [0.25, 0.3) is 0 Å². The molecule has 1 atom stereocenters. The van der Waals surface area contributed by atoms with Gasteiger partial charge >= 0.3 is 6.09 Å². The largest absolute Gasteiger partial charge is 0.444 e. The Morgan fingerprint density at radius 2 is 2.23 bits per heavy atom. The number of aliphatic hydroxyl groups excluding tert-OH is 1. The highest BCUT2D eigenvalue weighted by molar-refractivity contribution is 7.79. The summed E-state index contributed by atoms with van der Waals surface area (Å²) in [6.07, 6.45) is -0.576. The lowest BCUT2D eigenvalue weighted by atomic mass is 10.2. The lowest BCUT2D eigenvalue weighted by Crippen LogP contribution is -2.41. The molecule has 4 nitrogen and oxygen atoms in total. The molecule has 0 aliphatic carbocycles. The van der Waals surface area contributed by atoms with Crippen LogP contribution < -0.4 is 5.32 Å². The molecular weight excluding hydrogens is 190 g/mol. The van der Waals surface area contributed by atoms with Crippen molar-refractivity contribution in [2.45, 2.75) is 32.4 Å². The minimum atomic E-state index is -0.576. The molecule has 13 heavy (non-hydrogen) atoms. The summed E-state index contributed by atoms with van der Waals surface area (Å²) in [5.41, 5.74) is -0.536. The third-order valence-corrected chi connectivity index (χ3v) is 1.39. The number of hydrogen-bond acceptors (Lipinski definition) is 4. The van der Waals surface area contributed by atoms with Gasteiger partial charge in [0.1, 0.15) is 5.60 Å². The molecule has 76 valence electrons. The molecule has 0 fully saturated rings. The van der Waals surface area contributed by atoms with E-state index in [2.05, 4.69) is 17.5 Å². The summed E-state index contributed by atoms with van der Waals surface area (Å²) in [6.45, 7) is 5.07. The molecule has 0 bridgehead atoms. The zero-order valence-corrected chi connectivity index (χ0v) is 8.85. The minimum Gasteiger partial charge on any atom is -0.444 e. The van der Waals surface area contributed by atoms with Crippen LogP contribution in [0.1, 0.15) is 20.8 Å². The first kappa shape index (κ1) is 12.3. The molecule has 0 saturated carbocycles. The Morgan fingerprint density at radius 1 is 1.69 bits per heavy atom. The van der Waals surface area contributed by atoms with Crippen molar-refractivity contribution in [3.8, 4) is 0 Å². The van der Waals surface area contributed by atoms with Crippen molar-refractivity contribution in [3.05, 3.63) is 0 Å². The van der Waals surface area contributed by atoms with Gasteiger partial charge in [0.05, 0.1) is 12.6 Å². The average Bonchev–Trinajstić information content (AvgIpc) is 1.96. The van der Waals surface area contributed by atoms with Crippen molar-refractivity contribution < 1.29 is 14.6 Å². The normalized spacial score (nSPS) is 13.2. The van der Waals surface area contributed by atoms with Gasteiger partial charge in [-0.1, -0.05) is 12.2 Å². The molecule has 0 saturated heterocycles. The Hall–Kier alpha value is -0.680. The Labute approximate surface area is 83.3 Å². The predicted octanol–water partition coefficient (Wildman–Crippen LogP) is 0.872. The molecule has 0 aliphatic rings. The second kappa shape index (κ2) is 5.14. The third kappa shape index (κ3) is 6.48. The first-order chi connectivity index (χ1) is 5.89. The Balaban J connectivity index is 3.93. The minimum absolute atomic E-state index is 0.220. The quantitative estimate of drug-likeness (QED) is 0.671. The van der Waals surface area contributed by atoms with Gasteiger partial charge in [-0.15, -0.1) is 0 Å². The fraction of sp³-hybridized carbons (Fsp3) is 0.750. The average molecular weight is 205 g/mol. The summed E-state index contributed by atoms with van der Waals surface area (Å²) in [6, 6.07) is -0.523. The van der Waals surface area contributed by atoms with Crippen LogP contribution >= 0.6 is 12.2 Å². The molecule has 0 spiro atoms. The standard InChI is InChI=1S/C8H15NO3S/c1-8(2,3)12-7(11)9-6(4-10)5-13/h5-6,10H,4H2,1-3H3,(H,9,11). The van der Waals surface area contributed by atoms with Crippen LogP contribution in [-0.2, 0) is 4.74 Å². The summed E-state index contributed by atoms with van der Waals surface area (Å²) in [7, 11) is 0. The summed E-state index contributed by atoms with van der Waals surface area (Å²) < 4.78 is 4.94. The Morgan fingerprint density at radius 3 is 2.54 bits per heavy atom. The van der Waals surface area contributed by atoms with E-state index in [4.69, 9.17) is 9.84 Å². The number of aliphatic hydroxyl groups is 1. The summed E-state index contributed by atoms with van der Waals surface area (Å²) in [4.78, 5) is 11.1. The molecule has 1 unspecified atom stereocenters. The van der Waals surface area contributed by atoms with Gasteiger partial charge in [-0.3, -0.25) is 0 Å². The van der Waals surface area contributed by atoms with Crippen LogP contribution in [0.3, 0.4) is 0 Å². The van der Waals surface area contributed by atoms with Crippen molar-refractivity contribution >= 4 is 23.7 Å². The number of thiocarbonyl (C=S) groups is 1. The number of ether oxygens (including phenoxy) is 1. The van der Waals surface area contributed by atoms with Gasteiger partial charge < -0.3 is 15.2 Å². The summed E-state index contributed by atoms with van der Waals surface area (Å²) >= 11 is 4.58. The van der Waals surface area contributed by atoms with Gasteiger partial charge in [-0.2, -0.15) is 0 Å².